The molecule has 2 N–H and O–H groups in total. The second-order valence-electron chi connectivity index (χ2n) is 11.5. The lowest BCUT2D eigenvalue weighted by Crippen LogP contribution is -2.47. The first-order chi connectivity index (χ1) is 21.3. The largest absolute Gasteiger partial charge is 0.453 e. The Balaban J connectivity index is 1.30. The Morgan fingerprint density at radius 2 is 1.66 bits per heavy atom. The van der Waals surface area contributed by atoms with Crippen molar-refractivity contribution < 1.29 is 33.6 Å². The van der Waals surface area contributed by atoms with Crippen LogP contribution >= 0.6 is 0 Å². The van der Waals surface area contributed by atoms with Crippen LogP contribution in [0.3, 0.4) is 0 Å². The van der Waals surface area contributed by atoms with Crippen LogP contribution in [0.4, 0.5) is 0 Å². The first-order valence-corrected chi connectivity index (χ1v) is 15.3. The molecular formula is C35H42N2O7. The molecule has 0 unspecified atom stereocenters. The van der Waals surface area contributed by atoms with Crippen molar-refractivity contribution in [3.63, 3.8) is 0 Å². The van der Waals surface area contributed by atoms with Gasteiger partial charge in [-0.05, 0) is 40.8 Å². The van der Waals surface area contributed by atoms with Gasteiger partial charge in [-0.25, -0.2) is 0 Å². The van der Waals surface area contributed by atoms with Gasteiger partial charge < -0.3 is 29.4 Å². The standard InChI is InChI=1S/C35H42N2O7/c1-23-32(21-37-15-17-41-18-16-37)43-35(44-33(23)29-9-7-26(22-38)8-10-29)30-13-11-28(12-14-30)31-6-4-5-27(19-31)20-36-34(40)24(2)42-25(3)39/h4-14,19,23-24,32-33,35,38H,15-18,20-22H2,1-3H3,(H,36,40)/t23-,24-,32+,33+,35+/m0/s1. The van der Waals surface area contributed by atoms with Gasteiger partial charge in [0.25, 0.3) is 5.91 Å². The van der Waals surface area contributed by atoms with Crippen molar-refractivity contribution in [3.05, 3.63) is 95.1 Å². The number of ether oxygens (including phenoxy) is 4. The van der Waals surface area contributed by atoms with E-state index in [4.69, 9.17) is 18.9 Å². The predicted molar refractivity (Wildman–Crippen MR) is 165 cm³/mol. The van der Waals surface area contributed by atoms with Crippen LogP contribution in [-0.4, -0.2) is 66.9 Å². The van der Waals surface area contributed by atoms with Gasteiger partial charge in [0.15, 0.2) is 12.4 Å². The monoisotopic (exact) mass is 602 g/mol. The normalized spacial score (nSPS) is 23.1. The summed E-state index contributed by atoms with van der Waals surface area (Å²) in [7, 11) is 0. The van der Waals surface area contributed by atoms with E-state index >= 15 is 0 Å². The zero-order valence-electron chi connectivity index (χ0n) is 25.6. The molecule has 2 heterocycles. The zero-order valence-corrected chi connectivity index (χ0v) is 25.6. The molecule has 3 aromatic carbocycles. The fourth-order valence-corrected chi connectivity index (χ4v) is 5.70. The van der Waals surface area contributed by atoms with Crippen LogP contribution in [0, 0.1) is 5.92 Å². The third-order valence-corrected chi connectivity index (χ3v) is 8.29. The molecule has 3 aromatic rings. The molecule has 0 spiro atoms. The minimum absolute atomic E-state index is 0.00588. The van der Waals surface area contributed by atoms with E-state index in [-0.39, 0.29) is 30.6 Å². The molecule has 5 atom stereocenters. The number of aliphatic hydroxyl groups excluding tert-OH is 1. The number of rotatable bonds is 10. The number of nitrogens with zero attached hydrogens (tertiary/aromatic N) is 1. The first kappa shape index (κ1) is 31.8. The number of morpholine rings is 1. The lowest BCUT2D eigenvalue weighted by molar-refractivity contribution is -0.277. The van der Waals surface area contributed by atoms with Crippen LogP contribution in [0.1, 0.15) is 55.4 Å². The summed E-state index contributed by atoms with van der Waals surface area (Å²) < 4.78 is 23.8. The Bertz CT molecular complexity index is 1390. The lowest BCUT2D eigenvalue weighted by atomic mass is 9.90. The van der Waals surface area contributed by atoms with Gasteiger partial charge in [0, 0.05) is 44.6 Å². The molecule has 0 aliphatic carbocycles. The molecule has 2 saturated heterocycles. The van der Waals surface area contributed by atoms with Crippen LogP contribution in [0.25, 0.3) is 11.1 Å². The maximum absolute atomic E-state index is 12.3. The predicted octanol–water partition coefficient (Wildman–Crippen LogP) is 4.54. The van der Waals surface area contributed by atoms with Crippen molar-refractivity contribution in [1.29, 1.82) is 0 Å². The molecule has 5 rings (SSSR count). The summed E-state index contributed by atoms with van der Waals surface area (Å²) >= 11 is 0. The minimum Gasteiger partial charge on any atom is -0.453 e. The molecule has 0 bridgehead atoms. The number of aliphatic hydroxyl groups is 1. The Morgan fingerprint density at radius 1 is 0.955 bits per heavy atom. The van der Waals surface area contributed by atoms with E-state index < -0.39 is 18.4 Å². The minimum atomic E-state index is -0.844. The fourth-order valence-electron chi connectivity index (χ4n) is 5.70. The van der Waals surface area contributed by atoms with Crippen molar-refractivity contribution in [2.45, 2.75) is 58.5 Å². The van der Waals surface area contributed by atoms with Gasteiger partial charge in [0.1, 0.15) is 0 Å². The van der Waals surface area contributed by atoms with E-state index in [1.54, 1.807) is 6.92 Å². The summed E-state index contributed by atoms with van der Waals surface area (Å²) in [6, 6.07) is 24.1. The van der Waals surface area contributed by atoms with Gasteiger partial charge in [-0.15, -0.1) is 0 Å². The number of amides is 1. The van der Waals surface area contributed by atoms with Crippen molar-refractivity contribution in [3.8, 4) is 11.1 Å². The van der Waals surface area contributed by atoms with Crippen LogP contribution in [0.2, 0.25) is 0 Å². The fraction of sp³-hybridized carbons (Fsp3) is 0.429. The average molecular weight is 603 g/mol. The van der Waals surface area contributed by atoms with Crippen molar-refractivity contribution in [2.75, 3.05) is 32.8 Å². The first-order valence-electron chi connectivity index (χ1n) is 15.3. The molecule has 0 saturated carbocycles. The topological polar surface area (TPSA) is 107 Å². The Kier molecular flexibility index (Phi) is 10.8. The number of nitrogens with one attached hydrogen (secondary N) is 1. The highest BCUT2D eigenvalue weighted by Crippen LogP contribution is 2.42. The van der Waals surface area contributed by atoms with Gasteiger partial charge in [0.05, 0.1) is 32.0 Å². The number of hydrogen-bond acceptors (Lipinski definition) is 8. The van der Waals surface area contributed by atoms with Gasteiger partial charge in [-0.3, -0.25) is 14.5 Å². The van der Waals surface area contributed by atoms with E-state index in [9.17, 15) is 14.7 Å². The van der Waals surface area contributed by atoms with E-state index in [2.05, 4.69) is 29.3 Å². The van der Waals surface area contributed by atoms with E-state index in [0.29, 0.717) is 6.54 Å². The van der Waals surface area contributed by atoms with Gasteiger partial charge in [0.2, 0.25) is 0 Å². The average Bonchev–Trinajstić information content (AvgIpc) is 3.05. The molecule has 9 nitrogen and oxygen atoms in total. The molecule has 9 heteroatoms. The van der Waals surface area contributed by atoms with Crippen molar-refractivity contribution in [2.24, 2.45) is 5.92 Å². The smallest absolute Gasteiger partial charge is 0.303 e. The maximum Gasteiger partial charge on any atom is 0.303 e. The molecule has 0 radical (unpaired) electrons. The number of hydrogen-bond donors (Lipinski definition) is 2. The number of carbonyl (C=O) groups is 2. The molecule has 44 heavy (non-hydrogen) atoms. The summed E-state index contributed by atoms with van der Waals surface area (Å²) in [4.78, 5) is 25.8. The molecule has 234 valence electrons. The van der Waals surface area contributed by atoms with Crippen LogP contribution < -0.4 is 5.32 Å². The molecule has 2 aliphatic heterocycles. The number of benzene rings is 3. The van der Waals surface area contributed by atoms with E-state index in [1.165, 1.54) is 6.92 Å². The summed E-state index contributed by atoms with van der Waals surface area (Å²) in [6.07, 6.45) is -1.58. The summed E-state index contributed by atoms with van der Waals surface area (Å²) in [6.45, 7) is 9.38. The third kappa shape index (κ3) is 8.11. The molecule has 1 amide bonds. The van der Waals surface area contributed by atoms with E-state index in [1.807, 2.05) is 60.7 Å². The zero-order chi connectivity index (χ0) is 31.1. The molecule has 0 aromatic heterocycles. The Labute approximate surface area is 259 Å². The maximum atomic E-state index is 12.3. The van der Waals surface area contributed by atoms with Crippen molar-refractivity contribution in [1.82, 2.24) is 10.2 Å². The summed E-state index contributed by atoms with van der Waals surface area (Å²) in [5.74, 6) is -0.712. The Hall–Kier alpha value is -3.60. The molecule has 2 fully saturated rings. The second-order valence-corrected chi connectivity index (χ2v) is 11.5. The quantitative estimate of drug-likeness (QED) is 0.326. The highest BCUT2D eigenvalue weighted by Gasteiger charge is 2.39. The van der Waals surface area contributed by atoms with Gasteiger partial charge in [-0.1, -0.05) is 73.7 Å². The highest BCUT2D eigenvalue weighted by molar-refractivity contribution is 5.82. The molecular weight excluding hydrogens is 560 g/mol. The number of esters is 1. The highest BCUT2D eigenvalue weighted by atomic mass is 16.7. The van der Waals surface area contributed by atoms with Gasteiger partial charge >= 0.3 is 5.97 Å². The summed E-state index contributed by atoms with van der Waals surface area (Å²) in [5.41, 5.74) is 5.85. The lowest BCUT2D eigenvalue weighted by Gasteiger charge is -2.43. The number of carbonyl (C=O) groups excluding carboxylic acids is 2. The third-order valence-electron chi connectivity index (χ3n) is 8.29. The second kappa shape index (κ2) is 14.9. The summed E-state index contributed by atoms with van der Waals surface area (Å²) in [5, 5.41) is 12.3. The Morgan fingerprint density at radius 3 is 2.34 bits per heavy atom. The van der Waals surface area contributed by atoms with Crippen LogP contribution in [0.5, 0.6) is 0 Å². The SMILES string of the molecule is CC(=O)O[C@@H](C)C(=O)NCc1cccc(-c2ccc([C@@H]3O[C@H](CN4CCOCC4)[C@H](C)[C@H](c4ccc(CO)cc4)O3)cc2)c1. The van der Waals surface area contributed by atoms with Crippen LogP contribution in [-0.2, 0) is 41.7 Å². The van der Waals surface area contributed by atoms with Gasteiger partial charge in [-0.2, -0.15) is 0 Å². The van der Waals surface area contributed by atoms with E-state index in [0.717, 1.165) is 66.2 Å². The molecule has 2 aliphatic rings. The van der Waals surface area contributed by atoms with Crippen LogP contribution in [0.15, 0.2) is 72.8 Å². The van der Waals surface area contributed by atoms with Crippen molar-refractivity contribution >= 4 is 11.9 Å².